The topological polar surface area (TPSA) is 37.3 Å². The molecular formula is C7H13FO2. The summed E-state index contributed by atoms with van der Waals surface area (Å²) in [7, 11) is 0. The summed E-state index contributed by atoms with van der Waals surface area (Å²) in [6.45, 7) is 2.87. The Labute approximate surface area is 60.1 Å². The van der Waals surface area contributed by atoms with E-state index in [4.69, 9.17) is 5.11 Å². The predicted octanol–water partition coefficient (Wildman–Crippen LogP) is 1.70. The van der Waals surface area contributed by atoms with Gasteiger partial charge in [-0.1, -0.05) is 13.8 Å². The van der Waals surface area contributed by atoms with Crippen molar-refractivity contribution in [3.05, 3.63) is 0 Å². The Kier molecular flexibility index (Phi) is 4.00. The van der Waals surface area contributed by atoms with Gasteiger partial charge in [0.1, 0.15) is 0 Å². The van der Waals surface area contributed by atoms with Crippen LogP contribution in [0, 0.1) is 11.8 Å². The number of carboxylic acids is 1. The number of alkyl halides is 1. The Morgan fingerprint density at radius 1 is 1.60 bits per heavy atom. The fourth-order valence-corrected chi connectivity index (χ4v) is 0.767. The zero-order chi connectivity index (χ0) is 8.15. The van der Waals surface area contributed by atoms with Crippen LogP contribution < -0.4 is 0 Å². The molecule has 0 radical (unpaired) electrons. The smallest absolute Gasteiger partial charge is 0.306 e. The van der Waals surface area contributed by atoms with Gasteiger partial charge in [0.2, 0.25) is 0 Å². The molecule has 0 rings (SSSR count). The highest BCUT2D eigenvalue weighted by Crippen LogP contribution is 2.11. The van der Waals surface area contributed by atoms with Gasteiger partial charge in [0.15, 0.2) is 0 Å². The molecule has 0 saturated heterocycles. The summed E-state index contributed by atoms with van der Waals surface area (Å²) in [6.07, 6.45) is 0.422. The van der Waals surface area contributed by atoms with Crippen molar-refractivity contribution in [1.82, 2.24) is 0 Å². The second kappa shape index (κ2) is 4.25. The Balaban J connectivity index is 3.56. The van der Waals surface area contributed by atoms with Crippen molar-refractivity contribution in [2.24, 2.45) is 11.8 Å². The number of carboxylic acid groups (broad SMARTS) is 1. The number of rotatable bonds is 4. The lowest BCUT2D eigenvalue weighted by atomic mass is 9.99. The summed E-state index contributed by atoms with van der Waals surface area (Å²) in [4.78, 5) is 10.2. The van der Waals surface area contributed by atoms with E-state index < -0.39 is 18.6 Å². The van der Waals surface area contributed by atoms with Crippen molar-refractivity contribution >= 4 is 5.97 Å². The molecule has 0 aliphatic heterocycles. The van der Waals surface area contributed by atoms with E-state index in [9.17, 15) is 9.18 Å². The highest BCUT2D eigenvalue weighted by molar-refractivity contribution is 5.69. The van der Waals surface area contributed by atoms with Crippen LogP contribution in [0.4, 0.5) is 4.39 Å². The van der Waals surface area contributed by atoms with E-state index in [0.29, 0.717) is 6.42 Å². The Hall–Kier alpha value is -0.600. The van der Waals surface area contributed by atoms with Gasteiger partial charge in [-0.15, -0.1) is 0 Å². The minimum atomic E-state index is -0.847. The fraction of sp³-hybridized carbons (Fsp3) is 0.857. The number of hydrogen-bond donors (Lipinski definition) is 1. The van der Waals surface area contributed by atoms with Crippen LogP contribution in [0.25, 0.3) is 0 Å². The molecule has 0 spiro atoms. The fourth-order valence-electron chi connectivity index (χ4n) is 0.767. The number of hydrogen-bond acceptors (Lipinski definition) is 1. The summed E-state index contributed by atoms with van der Waals surface area (Å²) >= 11 is 0. The first-order valence-electron chi connectivity index (χ1n) is 3.36. The lowest BCUT2D eigenvalue weighted by molar-refractivity contribution is -0.141. The van der Waals surface area contributed by atoms with Gasteiger partial charge < -0.3 is 5.11 Å². The average molecular weight is 148 g/mol. The molecule has 0 saturated carbocycles. The molecule has 0 aliphatic rings. The summed E-state index contributed by atoms with van der Waals surface area (Å²) in [5.74, 6) is -1.41. The summed E-state index contributed by atoms with van der Waals surface area (Å²) in [5, 5.41) is 8.40. The minimum absolute atomic E-state index is 0.133. The number of aliphatic carboxylic acids is 1. The highest BCUT2D eigenvalue weighted by atomic mass is 19.1. The van der Waals surface area contributed by atoms with Gasteiger partial charge in [-0.3, -0.25) is 9.18 Å². The monoisotopic (exact) mass is 148 g/mol. The van der Waals surface area contributed by atoms with Gasteiger partial charge in [-0.25, -0.2) is 0 Å². The van der Waals surface area contributed by atoms with Crippen molar-refractivity contribution in [3.63, 3.8) is 0 Å². The molecule has 60 valence electrons. The van der Waals surface area contributed by atoms with Gasteiger partial charge in [0.25, 0.3) is 0 Å². The molecule has 0 aromatic rings. The molecule has 2 unspecified atom stereocenters. The number of carbonyl (C=O) groups is 1. The van der Waals surface area contributed by atoms with Crippen LogP contribution in [0.2, 0.25) is 0 Å². The maximum Gasteiger partial charge on any atom is 0.306 e. The largest absolute Gasteiger partial charge is 0.481 e. The van der Waals surface area contributed by atoms with Crippen LogP contribution in [-0.2, 0) is 4.79 Å². The first kappa shape index (κ1) is 9.40. The van der Waals surface area contributed by atoms with Crippen molar-refractivity contribution in [2.45, 2.75) is 20.3 Å². The molecule has 2 nitrogen and oxygen atoms in total. The Morgan fingerprint density at radius 3 is 2.40 bits per heavy atom. The predicted molar refractivity (Wildman–Crippen MR) is 36.6 cm³/mol. The van der Waals surface area contributed by atoms with Gasteiger partial charge in [0.05, 0.1) is 12.6 Å². The van der Waals surface area contributed by atoms with E-state index in [0.717, 1.165) is 0 Å². The third-order valence-electron chi connectivity index (χ3n) is 1.44. The summed E-state index contributed by atoms with van der Waals surface area (Å²) in [5.41, 5.74) is 0. The molecule has 0 heterocycles. The third-order valence-corrected chi connectivity index (χ3v) is 1.44. The molecule has 1 N–H and O–H groups in total. The second-order valence-electron chi connectivity index (χ2n) is 2.73. The molecule has 0 bridgehead atoms. The standard InChI is InChI=1S/C7H13FO2/c1-5(4-8)3-6(2)7(9)10/h5-6H,3-4H2,1-2H3,(H,9,10). The average Bonchev–Trinajstić information content (AvgIpc) is 1.87. The molecule has 2 atom stereocenters. The molecule has 0 aromatic heterocycles. The van der Waals surface area contributed by atoms with Crippen molar-refractivity contribution < 1.29 is 14.3 Å². The molecule has 10 heavy (non-hydrogen) atoms. The normalized spacial score (nSPS) is 16.3. The van der Waals surface area contributed by atoms with Crippen LogP contribution >= 0.6 is 0 Å². The van der Waals surface area contributed by atoms with Gasteiger partial charge >= 0.3 is 5.97 Å². The van der Waals surface area contributed by atoms with Crippen LogP contribution in [-0.4, -0.2) is 17.8 Å². The van der Waals surface area contributed by atoms with Crippen LogP contribution in [0.1, 0.15) is 20.3 Å². The Morgan fingerprint density at radius 2 is 2.10 bits per heavy atom. The lowest BCUT2D eigenvalue weighted by Gasteiger charge is -2.09. The van der Waals surface area contributed by atoms with Gasteiger partial charge in [0, 0.05) is 0 Å². The van der Waals surface area contributed by atoms with E-state index in [1.165, 1.54) is 0 Å². The second-order valence-corrected chi connectivity index (χ2v) is 2.73. The zero-order valence-corrected chi connectivity index (χ0v) is 6.30. The van der Waals surface area contributed by atoms with E-state index in [1.807, 2.05) is 0 Å². The number of halogens is 1. The van der Waals surface area contributed by atoms with Crippen molar-refractivity contribution in [3.8, 4) is 0 Å². The summed E-state index contributed by atoms with van der Waals surface area (Å²) < 4.78 is 11.8. The van der Waals surface area contributed by atoms with Crippen molar-refractivity contribution in [1.29, 1.82) is 0 Å². The molecule has 0 aromatic carbocycles. The first-order chi connectivity index (χ1) is 4.57. The van der Waals surface area contributed by atoms with Crippen LogP contribution in [0.3, 0.4) is 0 Å². The quantitative estimate of drug-likeness (QED) is 0.658. The SMILES string of the molecule is CC(CF)CC(C)C(=O)O. The minimum Gasteiger partial charge on any atom is -0.481 e. The molecule has 0 aliphatic carbocycles. The lowest BCUT2D eigenvalue weighted by Crippen LogP contribution is -2.13. The third kappa shape index (κ3) is 3.43. The van der Waals surface area contributed by atoms with Crippen LogP contribution in [0.5, 0.6) is 0 Å². The van der Waals surface area contributed by atoms with Gasteiger partial charge in [-0.2, -0.15) is 0 Å². The highest BCUT2D eigenvalue weighted by Gasteiger charge is 2.14. The van der Waals surface area contributed by atoms with E-state index in [2.05, 4.69) is 0 Å². The maximum absolute atomic E-state index is 11.8. The Bertz CT molecular complexity index is 114. The maximum atomic E-state index is 11.8. The molecule has 3 heteroatoms. The molecule has 0 amide bonds. The van der Waals surface area contributed by atoms with E-state index >= 15 is 0 Å². The van der Waals surface area contributed by atoms with E-state index in [-0.39, 0.29) is 5.92 Å². The van der Waals surface area contributed by atoms with Crippen LogP contribution in [0.15, 0.2) is 0 Å². The van der Waals surface area contributed by atoms with E-state index in [1.54, 1.807) is 13.8 Å². The van der Waals surface area contributed by atoms with Crippen molar-refractivity contribution in [2.75, 3.05) is 6.67 Å². The zero-order valence-electron chi connectivity index (χ0n) is 6.30. The van der Waals surface area contributed by atoms with Gasteiger partial charge in [-0.05, 0) is 12.3 Å². The summed E-state index contributed by atoms with van der Waals surface area (Å²) in [6, 6.07) is 0. The first-order valence-corrected chi connectivity index (χ1v) is 3.36. The molecule has 0 fully saturated rings. The molecular weight excluding hydrogens is 135 g/mol.